The van der Waals surface area contributed by atoms with Crippen LogP contribution >= 0.6 is 0 Å². The molecule has 1 atom stereocenters. The summed E-state index contributed by atoms with van der Waals surface area (Å²) in [6.07, 6.45) is 3.61. The standard InChI is InChI=1S/C12H24N2O2/c1-10(2)13-7-3-6-12(15)14-11-5-4-8-16-9-11/h10-11,13H,3-9H2,1-2H3,(H,14,15). The van der Waals surface area contributed by atoms with E-state index in [9.17, 15) is 4.79 Å². The molecule has 1 unspecified atom stereocenters. The van der Waals surface area contributed by atoms with E-state index in [0.29, 0.717) is 19.1 Å². The molecule has 4 heteroatoms. The minimum atomic E-state index is 0.154. The van der Waals surface area contributed by atoms with Gasteiger partial charge in [0.2, 0.25) is 5.91 Å². The van der Waals surface area contributed by atoms with Crippen molar-refractivity contribution in [3.05, 3.63) is 0 Å². The van der Waals surface area contributed by atoms with Crippen LogP contribution in [-0.4, -0.2) is 37.7 Å². The van der Waals surface area contributed by atoms with Gasteiger partial charge in [0, 0.05) is 19.1 Å². The Bertz CT molecular complexity index is 201. The van der Waals surface area contributed by atoms with Gasteiger partial charge < -0.3 is 15.4 Å². The van der Waals surface area contributed by atoms with Crippen LogP contribution in [0.25, 0.3) is 0 Å². The average molecular weight is 228 g/mol. The van der Waals surface area contributed by atoms with E-state index in [1.807, 2.05) is 0 Å². The van der Waals surface area contributed by atoms with Crippen LogP contribution in [0.1, 0.15) is 39.5 Å². The largest absolute Gasteiger partial charge is 0.379 e. The second kappa shape index (κ2) is 7.63. The zero-order valence-corrected chi connectivity index (χ0v) is 10.4. The Morgan fingerprint density at radius 2 is 2.31 bits per heavy atom. The number of nitrogens with one attached hydrogen (secondary N) is 2. The van der Waals surface area contributed by atoms with Crippen molar-refractivity contribution >= 4 is 5.91 Å². The van der Waals surface area contributed by atoms with Crippen molar-refractivity contribution in [1.82, 2.24) is 10.6 Å². The molecule has 0 radical (unpaired) electrons. The first-order valence-electron chi connectivity index (χ1n) is 6.29. The molecule has 0 saturated carbocycles. The maximum absolute atomic E-state index is 11.6. The maximum Gasteiger partial charge on any atom is 0.220 e. The van der Waals surface area contributed by atoms with E-state index in [-0.39, 0.29) is 11.9 Å². The molecule has 1 amide bonds. The molecule has 1 rings (SSSR count). The lowest BCUT2D eigenvalue weighted by atomic mass is 10.1. The summed E-state index contributed by atoms with van der Waals surface area (Å²) in [5, 5.41) is 6.32. The molecule has 0 aromatic rings. The fourth-order valence-corrected chi connectivity index (χ4v) is 1.79. The molecule has 16 heavy (non-hydrogen) atoms. The highest BCUT2D eigenvalue weighted by Gasteiger charge is 2.15. The van der Waals surface area contributed by atoms with E-state index in [1.165, 1.54) is 0 Å². The Hall–Kier alpha value is -0.610. The zero-order valence-electron chi connectivity index (χ0n) is 10.4. The van der Waals surface area contributed by atoms with Crippen molar-refractivity contribution in [2.45, 2.75) is 51.6 Å². The van der Waals surface area contributed by atoms with Crippen molar-refractivity contribution in [2.75, 3.05) is 19.8 Å². The number of ether oxygens (including phenoxy) is 1. The van der Waals surface area contributed by atoms with Crippen LogP contribution < -0.4 is 10.6 Å². The molecular formula is C12H24N2O2. The van der Waals surface area contributed by atoms with Gasteiger partial charge in [-0.25, -0.2) is 0 Å². The van der Waals surface area contributed by atoms with Crippen LogP contribution in [0, 0.1) is 0 Å². The third-order valence-electron chi connectivity index (χ3n) is 2.66. The van der Waals surface area contributed by atoms with E-state index in [2.05, 4.69) is 24.5 Å². The summed E-state index contributed by atoms with van der Waals surface area (Å²) in [6, 6.07) is 0.731. The fourth-order valence-electron chi connectivity index (χ4n) is 1.79. The summed E-state index contributed by atoms with van der Waals surface area (Å²) < 4.78 is 5.31. The summed E-state index contributed by atoms with van der Waals surface area (Å²) in [7, 11) is 0. The van der Waals surface area contributed by atoms with E-state index < -0.39 is 0 Å². The quantitative estimate of drug-likeness (QED) is 0.668. The lowest BCUT2D eigenvalue weighted by Gasteiger charge is -2.23. The molecule has 94 valence electrons. The average Bonchev–Trinajstić information content (AvgIpc) is 2.25. The predicted molar refractivity (Wildman–Crippen MR) is 64.4 cm³/mol. The van der Waals surface area contributed by atoms with Gasteiger partial charge in [-0.05, 0) is 25.8 Å². The minimum Gasteiger partial charge on any atom is -0.379 e. The number of carbonyl (C=O) groups is 1. The normalized spacial score (nSPS) is 21.1. The topological polar surface area (TPSA) is 50.4 Å². The highest BCUT2D eigenvalue weighted by molar-refractivity contribution is 5.76. The molecule has 0 aromatic carbocycles. The van der Waals surface area contributed by atoms with E-state index in [1.54, 1.807) is 0 Å². The molecule has 1 aliphatic rings. The molecular weight excluding hydrogens is 204 g/mol. The number of hydrogen-bond donors (Lipinski definition) is 2. The number of carbonyl (C=O) groups excluding carboxylic acids is 1. The first-order valence-corrected chi connectivity index (χ1v) is 6.29. The first kappa shape index (κ1) is 13.5. The van der Waals surface area contributed by atoms with E-state index >= 15 is 0 Å². The number of amides is 1. The Morgan fingerprint density at radius 3 is 2.94 bits per heavy atom. The molecule has 1 saturated heterocycles. The summed E-state index contributed by atoms with van der Waals surface area (Å²) in [5.41, 5.74) is 0. The summed E-state index contributed by atoms with van der Waals surface area (Å²) in [6.45, 7) is 6.64. The monoisotopic (exact) mass is 228 g/mol. The van der Waals surface area contributed by atoms with Crippen molar-refractivity contribution in [1.29, 1.82) is 0 Å². The molecule has 4 nitrogen and oxygen atoms in total. The van der Waals surface area contributed by atoms with Crippen molar-refractivity contribution in [2.24, 2.45) is 0 Å². The van der Waals surface area contributed by atoms with Crippen LogP contribution in [0.5, 0.6) is 0 Å². The van der Waals surface area contributed by atoms with Gasteiger partial charge in [0.15, 0.2) is 0 Å². The molecule has 0 aromatic heterocycles. The Morgan fingerprint density at radius 1 is 1.50 bits per heavy atom. The Kier molecular flexibility index (Phi) is 6.42. The second-order valence-electron chi connectivity index (χ2n) is 4.69. The molecule has 0 spiro atoms. The molecule has 0 aliphatic carbocycles. The van der Waals surface area contributed by atoms with Crippen molar-refractivity contribution in [3.63, 3.8) is 0 Å². The number of hydrogen-bond acceptors (Lipinski definition) is 3. The molecule has 0 bridgehead atoms. The predicted octanol–water partition coefficient (Wildman–Crippen LogP) is 1.06. The van der Waals surface area contributed by atoms with Crippen LogP contribution in [0.2, 0.25) is 0 Å². The third kappa shape index (κ3) is 6.08. The van der Waals surface area contributed by atoms with Gasteiger partial charge >= 0.3 is 0 Å². The van der Waals surface area contributed by atoms with Gasteiger partial charge in [-0.2, -0.15) is 0 Å². The molecule has 1 fully saturated rings. The minimum absolute atomic E-state index is 0.154. The highest BCUT2D eigenvalue weighted by Crippen LogP contribution is 2.05. The van der Waals surface area contributed by atoms with E-state index in [4.69, 9.17) is 4.74 Å². The summed E-state index contributed by atoms with van der Waals surface area (Å²) in [4.78, 5) is 11.6. The van der Waals surface area contributed by atoms with Gasteiger partial charge in [0.05, 0.1) is 12.6 Å². The third-order valence-corrected chi connectivity index (χ3v) is 2.66. The first-order chi connectivity index (χ1) is 7.68. The molecule has 1 aliphatic heterocycles. The Balaban J connectivity index is 2.01. The number of rotatable bonds is 6. The second-order valence-corrected chi connectivity index (χ2v) is 4.69. The summed E-state index contributed by atoms with van der Waals surface area (Å²) >= 11 is 0. The van der Waals surface area contributed by atoms with Crippen LogP contribution in [0.3, 0.4) is 0 Å². The van der Waals surface area contributed by atoms with E-state index in [0.717, 1.165) is 32.4 Å². The summed E-state index contributed by atoms with van der Waals surface area (Å²) in [5.74, 6) is 0.154. The van der Waals surface area contributed by atoms with Gasteiger partial charge in [-0.15, -0.1) is 0 Å². The fraction of sp³-hybridized carbons (Fsp3) is 0.917. The van der Waals surface area contributed by atoms with Crippen molar-refractivity contribution < 1.29 is 9.53 Å². The van der Waals surface area contributed by atoms with Crippen LogP contribution in [0.15, 0.2) is 0 Å². The van der Waals surface area contributed by atoms with Crippen LogP contribution in [0.4, 0.5) is 0 Å². The van der Waals surface area contributed by atoms with Gasteiger partial charge in [-0.1, -0.05) is 13.8 Å². The highest BCUT2D eigenvalue weighted by atomic mass is 16.5. The van der Waals surface area contributed by atoms with Crippen LogP contribution in [-0.2, 0) is 9.53 Å². The smallest absolute Gasteiger partial charge is 0.220 e. The van der Waals surface area contributed by atoms with Gasteiger partial charge in [-0.3, -0.25) is 4.79 Å². The Labute approximate surface area is 98.1 Å². The molecule has 2 N–H and O–H groups in total. The lowest BCUT2D eigenvalue weighted by molar-refractivity contribution is -0.122. The molecule has 1 heterocycles. The van der Waals surface area contributed by atoms with Crippen molar-refractivity contribution in [3.8, 4) is 0 Å². The zero-order chi connectivity index (χ0) is 11.8. The maximum atomic E-state index is 11.6. The van der Waals surface area contributed by atoms with Gasteiger partial charge in [0.1, 0.15) is 0 Å². The SMILES string of the molecule is CC(C)NCCCC(=O)NC1CCCOC1. The lowest BCUT2D eigenvalue weighted by Crippen LogP contribution is -2.40. The van der Waals surface area contributed by atoms with Gasteiger partial charge in [0.25, 0.3) is 0 Å².